The Morgan fingerprint density at radius 2 is 1.94 bits per heavy atom. The normalized spacial score (nSPS) is 34.8. The van der Waals surface area contributed by atoms with E-state index in [2.05, 4.69) is 0 Å². The molecule has 0 bridgehead atoms. The van der Waals surface area contributed by atoms with E-state index in [0.29, 0.717) is 12.8 Å². The van der Waals surface area contributed by atoms with Gasteiger partial charge < -0.3 is 19.7 Å². The maximum Gasteiger partial charge on any atom is 0.0942 e. The van der Waals surface area contributed by atoms with Crippen LogP contribution in [0.4, 0.5) is 0 Å². The molecular formula is C12H21O4-. The summed E-state index contributed by atoms with van der Waals surface area (Å²) in [5.41, 5.74) is -2.53. The fraction of sp³-hybridized carbons (Fsp3) is 0.917. The van der Waals surface area contributed by atoms with E-state index in [0.717, 1.165) is 0 Å². The van der Waals surface area contributed by atoms with Crippen LogP contribution in [0.5, 0.6) is 0 Å². The van der Waals surface area contributed by atoms with E-state index in [1.165, 1.54) is 0 Å². The molecule has 1 aliphatic rings. The number of aliphatic carboxylic acids is 1. The topological polar surface area (TPSA) is 69.6 Å². The van der Waals surface area contributed by atoms with Crippen LogP contribution in [-0.4, -0.2) is 27.9 Å². The Balaban J connectivity index is 2.94. The highest BCUT2D eigenvalue weighted by Crippen LogP contribution is 2.43. The van der Waals surface area contributed by atoms with Crippen molar-refractivity contribution in [2.75, 3.05) is 0 Å². The van der Waals surface area contributed by atoms with Crippen molar-refractivity contribution in [1.82, 2.24) is 0 Å². The van der Waals surface area contributed by atoms with Gasteiger partial charge in [0.15, 0.2) is 0 Å². The van der Waals surface area contributed by atoms with Crippen LogP contribution in [0.2, 0.25) is 0 Å². The van der Waals surface area contributed by atoms with Gasteiger partial charge in [0.05, 0.1) is 16.8 Å². The molecule has 1 aliphatic heterocycles. The average Bonchev–Trinajstić information content (AvgIpc) is 1.98. The smallest absolute Gasteiger partial charge is 0.0942 e. The van der Waals surface area contributed by atoms with Crippen molar-refractivity contribution in [2.24, 2.45) is 5.92 Å². The quantitative estimate of drug-likeness (QED) is 0.747. The predicted molar refractivity (Wildman–Crippen MR) is 57.6 cm³/mol. The molecule has 0 aliphatic carbocycles. The summed E-state index contributed by atoms with van der Waals surface area (Å²) in [6.45, 7) is 8.65. The highest BCUT2D eigenvalue weighted by molar-refractivity contribution is 5.69. The van der Waals surface area contributed by atoms with Gasteiger partial charge in [-0.1, -0.05) is 0 Å². The fourth-order valence-corrected chi connectivity index (χ4v) is 2.30. The van der Waals surface area contributed by atoms with E-state index >= 15 is 0 Å². The van der Waals surface area contributed by atoms with Gasteiger partial charge in [0.1, 0.15) is 0 Å². The standard InChI is InChI=1S/C12H22O4/c1-10(2)8(9(13)14)6-7-12(5,16-10)11(3,4)15/h8,15H,6-7H2,1-5H3,(H,13,14)/p-1/t8-,12+/m1/s1. The summed E-state index contributed by atoms with van der Waals surface area (Å²) in [5.74, 6) is -1.70. The number of carboxylic acid groups (broad SMARTS) is 1. The minimum absolute atomic E-state index is 0.468. The van der Waals surface area contributed by atoms with Gasteiger partial charge in [-0.3, -0.25) is 0 Å². The number of rotatable bonds is 2. The second-order valence-corrected chi connectivity index (χ2v) is 5.91. The first kappa shape index (κ1) is 13.5. The summed E-state index contributed by atoms with van der Waals surface area (Å²) in [4.78, 5) is 11.0. The van der Waals surface area contributed by atoms with Gasteiger partial charge in [0.25, 0.3) is 0 Å². The molecule has 94 valence electrons. The number of carbonyl (C=O) groups excluding carboxylic acids is 1. The van der Waals surface area contributed by atoms with Crippen molar-refractivity contribution < 1.29 is 19.7 Å². The number of hydrogen-bond acceptors (Lipinski definition) is 4. The van der Waals surface area contributed by atoms with Gasteiger partial charge in [-0.15, -0.1) is 0 Å². The molecule has 0 aromatic heterocycles. The zero-order valence-corrected chi connectivity index (χ0v) is 10.7. The first-order valence-electron chi connectivity index (χ1n) is 5.63. The van der Waals surface area contributed by atoms with E-state index in [-0.39, 0.29) is 0 Å². The number of hydrogen-bond donors (Lipinski definition) is 1. The van der Waals surface area contributed by atoms with Crippen LogP contribution >= 0.6 is 0 Å². The second-order valence-electron chi connectivity index (χ2n) is 5.91. The minimum Gasteiger partial charge on any atom is -0.550 e. The zero-order chi connectivity index (χ0) is 12.8. The molecule has 4 heteroatoms. The summed E-state index contributed by atoms with van der Waals surface area (Å²) in [6, 6.07) is 0. The molecule has 1 saturated heterocycles. The average molecular weight is 229 g/mol. The lowest BCUT2D eigenvalue weighted by molar-refractivity contribution is -0.330. The third kappa shape index (κ3) is 2.23. The lowest BCUT2D eigenvalue weighted by Gasteiger charge is -2.52. The van der Waals surface area contributed by atoms with Gasteiger partial charge in [-0.2, -0.15) is 0 Å². The highest BCUT2D eigenvalue weighted by atomic mass is 16.5. The maximum atomic E-state index is 11.0. The van der Waals surface area contributed by atoms with E-state index in [1.807, 2.05) is 6.92 Å². The Morgan fingerprint density at radius 3 is 2.25 bits per heavy atom. The molecule has 1 heterocycles. The van der Waals surface area contributed by atoms with Gasteiger partial charge in [0, 0.05) is 11.9 Å². The van der Waals surface area contributed by atoms with Crippen molar-refractivity contribution in [3.63, 3.8) is 0 Å². The van der Waals surface area contributed by atoms with Crippen LogP contribution in [0.15, 0.2) is 0 Å². The fourth-order valence-electron chi connectivity index (χ4n) is 2.30. The Morgan fingerprint density at radius 1 is 1.44 bits per heavy atom. The van der Waals surface area contributed by atoms with Gasteiger partial charge >= 0.3 is 0 Å². The zero-order valence-electron chi connectivity index (χ0n) is 10.7. The van der Waals surface area contributed by atoms with Gasteiger partial charge in [-0.05, 0) is 47.5 Å². The molecule has 0 amide bonds. The number of aliphatic hydroxyl groups is 1. The molecule has 0 spiro atoms. The van der Waals surface area contributed by atoms with Crippen molar-refractivity contribution in [1.29, 1.82) is 0 Å². The van der Waals surface area contributed by atoms with Crippen molar-refractivity contribution in [2.45, 2.75) is 64.3 Å². The molecule has 4 nitrogen and oxygen atoms in total. The molecule has 2 atom stereocenters. The van der Waals surface area contributed by atoms with Gasteiger partial charge in [0.2, 0.25) is 0 Å². The lowest BCUT2D eigenvalue weighted by Crippen LogP contribution is -2.61. The van der Waals surface area contributed by atoms with E-state index < -0.39 is 28.7 Å². The Hall–Kier alpha value is -0.610. The minimum atomic E-state index is -1.08. The SMILES string of the molecule is CC1(C)O[C@](C)(C(C)(C)O)CC[C@@H]1C(=O)[O-]. The summed E-state index contributed by atoms with van der Waals surface area (Å²) in [5, 5.41) is 21.0. The molecule has 0 saturated carbocycles. The molecule has 0 radical (unpaired) electrons. The molecule has 16 heavy (non-hydrogen) atoms. The number of ether oxygens (including phenoxy) is 1. The molecule has 0 unspecified atom stereocenters. The van der Waals surface area contributed by atoms with E-state index in [1.54, 1.807) is 27.7 Å². The highest BCUT2D eigenvalue weighted by Gasteiger charge is 2.50. The summed E-state index contributed by atoms with van der Waals surface area (Å²) in [7, 11) is 0. The third-order valence-electron chi connectivity index (χ3n) is 3.82. The van der Waals surface area contributed by atoms with Crippen molar-refractivity contribution >= 4 is 5.97 Å². The first-order chi connectivity index (χ1) is 7.00. The molecule has 1 fully saturated rings. The Labute approximate surface area is 96.6 Å². The van der Waals surface area contributed by atoms with Crippen LogP contribution < -0.4 is 5.11 Å². The summed E-state index contributed by atoms with van der Waals surface area (Å²) < 4.78 is 5.83. The third-order valence-corrected chi connectivity index (χ3v) is 3.82. The monoisotopic (exact) mass is 229 g/mol. The van der Waals surface area contributed by atoms with Crippen LogP contribution in [0, 0.1) is 5.92 Å². The van der Waals surface area contributed by atoms with E-state index in [4.69, 9.17) is 4.74 Å². The van der Waals surface area contributed by atoms with Crippen molar-refractivity contribution in [3.05, 3.63) is 0 Å². The molecule has 0 aromatic carbocycles. The Bertz CT molecular complexity index is 290. The Kier molecular flexibility index (Phi) is 3.12. The molecule has 1 N–H and O–H groups in total. The number of carbonyl (C=O) groups is 1. The maximum absolute atomic E-state index is 11.0. The first-order valence-corrected chi connectivity index (χ1v) is 5.63. The largest absolute Gasteiger partial charge is 0.550 e. The summed E-state index contributed by atoms with van der Waals surface area (Å²) >= 11 is 0. The van der Waals surface area contributed by atoms with Crippen LogP contribution in [-0.2, 0) is 9.53 Å². The number of carboxylic acids is 1. The van der Waals surface area contributed by atoms with E-state index in [9.17, 15) is 15.0 Å². The van der Waals surface area contributed by atoms with Gasteiger partial charge in [-0.25, -0.2) is 0 Å². The van der Waals surface area contributed by atoms with Crippen molar-refractivity contribution in [3.8, 4) is 0 Å². The summed E-state index contributed by atoms with van der Waals surface area (Å²) in [6.07, 6.45) is 0.981. The lowest BCUT2D eigenvalue weighted by atomic mass is 9.73. The van der Waals surface area contributed by atoms with Crippen LogP contribution in [0.25, 0.3) is 0 Å². The second kappa shape index (κ2) is 3.70. The predicted octanol–water partition coefficient (Wildman–Crippen LogP) is 0.471. The molecular weight excluding hydrogens is 208 g/mol. The van der Waals surface area contributed by atoms with Crippen LogP contribution in [0.1, 0.15) is 47.5 Å². The molecule has 1 rings (SSSR count). The van der Waals surface area contributed by atoms with Crippen LogP contribution in [0.3, 0.4) is 0 Å². The molecule has 0 aromatic rings.